The van der Waals surface area contributed by atoms with E-state index < -0.39 is 11.5 Å². The number of aliphatic hydroxyl groups is 1. The van der Waals surface area contributed by atoms with Crippen LogP contribution in [-0.4, -0.2) is 30.1 Å². The Morgan fingerprint density at radius 1 is 1.38 bits per heavy atom. The number of fused-ring (bicyclic) bond motifs is 1. The first-order chi connectivity index (χ1) is 11.3. The number of aldehydes is 1. The van der Waals surface area contributed by atoms with E-state index >= 15 is 0 Å². The molecule has 2 aliphatic carbocycles. The lowest BCUT2D eigenvalue weighted by atomic mass is 9.46. The third-order valence-corrected chi connectivity index (χ3v) is 6.60. The van der Waals surface area contributed by atoms with E-state index in [1.807, 2.05) is 13.0 Å². The number of carbonyl (C=O) groups is 2. The molecule has 3 rings (SSSR count). The minimum Gasteiger partial charge on any atom is -0.458 e. The Morgan fingerprint density at radius 2 is 2.12 bits per heavy atom. The highest BCUT2D eigenvalue weighted by atomic mass is 16.5. The SMILES string of the molecule is C=C1CC[C@@H]2[C@](C)(C=O)[C@H](O)CC[C@@]2(C)C1/C=C/C1=CCOC1=O. The van der Waals surface area contributed by atoms with E-state index in [1.165, 1.54) is 0 Å². The maximum absolute atomic E-state index is 11.8. The van der Waals surface area contributed by atoms with Gasteiger partial charge in [-0.2, -0.15) is 0 Å². The second kappa shape index (κ2) is 5.99. The van der Waals surface area contributed by atoms with Gasteiger partial charge in [0.05, 0.1) is 17.1 Å². The molecular weight excluding hydrogens is 304 g/mol. The zero-order chi connectivity index (χ0) is 17.5. The van der Waals surface area contributed by atoms with Crippen LogP contribution in [0.4, 0.5) is 0 Å². The van der Waals surface area contributed by atoms with Crippen LogP contribution in [0.15, 0.2) is 36.0 Å². The van der Waals surface area contributed by atoms with Gasteiger partial charge in [-0.25, -0.2) is 4.79 Å². The zero-order valence-corrected chi connectivity index (χ0v) is 14.5. The van der Waals surface area contributed by atoms with Gasteiger partial charge in [-0.3, -0.25) is 0 Å². The summed E-state index contributed by atoms with van der Waals surface area (Å²) in [5.41, 5.74) is 0.874. The molecule has 0 aromatic carbocycles. The lowest BCUT2D eigenvalue weighted by Gasteiger charge is -2.58. The molecule has 0 radical (unpaired) electrons. The molecule has 0 aromatic rings. The average Bonchev–Trinajstić information content (AvgIpc) is 2.96. The average molecular weight is 330 g/mol. The van der Waals surface area contributed by atoms with Crippen LogP contribution in [0.2, 0.25) is 0 Å². The number of aliphatic hydroxyl groups excluding tert-OH is 1. The first-order valence-corrected chi connectivity index (χ1v) is 8.70. The molecule has 0 spiro atoms. The van der Waals surface area contributed by atoms with Crippen molar-refractivity contribution >= 4 is 12.3 Å². The van der Waals surface area contributed by atoms with E-state index in [-0.39, 0.29) is 23.2 Å². The van der Waals surface area contributed by atoms with Crippen molar-refractivity contribution in [2.24, 2.45) is 22.7 Å². The van der Waals surface area contributed by atoms with Gasteiger partial charge in [0.25, 0.3) is 0 Å². The van der Waals surface area contributed by atoms with Crippen molar-refractivity contribution in [1.29, 1.82) is 0 Å². The number of esters is 1. The fourth-order valence-electron chi connectivity index (χ4n) is 5.07. The number of hydrogen-bond donors (Lipinski definition) is 1. The van der Waals surface area contributed by atoms with Crippen LogP contribution < -0.4 is 0 Å². The van der Waals surface area contributed by atoms with Crippen molar-refractivity contribution in [3.05, 3.63) is 36.0 Å². The van der Waals surface area contributed by atoms with Crippen molar-refractivity contribution in [1.82, 2.24) is 0 Å². The highest BCUT2D eigenvalue weighted by Gasteiger charge is 2.57. The van der Waals surface area contributed by atoms with E-state index in [2.05, 4.69) is 19.6 Å². The molecular formula is C20H26O4. The normalized spacial score (nSPS) is 42.6. The summed E-state index contributed by atoms with van der Waals surface area (Å²) in [6.07, 6.45) is 9.21. The lowest BCUT2D eigenvalue weighted by molar-refractivity contribution is -0.149. The summed E-state index contributed by atoms with van der Waals surface area (Å²) in [4.78, 5) is 23.5. The molecule has 1 N–H and O–H groups in total. The van der Waals surface area contributed by atoms with Gasteiger partial charge in [0.15, 0.2) is 0 Å². The van der Waals surface area contributed by atoms with E-state index in [1.54, 1.807) is 6.08 Å². The standard InChI is InChI=1S/C20H26O4/c1-13-4-7-16-19(2,10-8-17(22)20(16,3)12-21)15(13)6-5-14-9-11-24-18(14)23/h5-6,9,12,15-17,22H,1,4,7-8,10-11H2,2-3H3/b6-5+/t15?,16-,17+,19-,20-/m0/s1. The van der Waals surface area contributed by atoms with Crippen LogP contribution in [0.5, 0.6) is 0 Å². The molecule has 4 nitrogen and oxygen atoms in total. The molecule has 0 aromatic heterocycles. The lowest BCUT2D eigenvalue weighted by Crippen LogP contribution is -2.56. The highest BCUT2D eigenvalue weighted by Crippen LogP contribution is 2.60. The van der Waals surface area contributed by atoms with E-state index in [9.17, 15) is 14.7 Å². The maximum atomic E-state index is 11.8. The van der Waals surface area contributed by atoms with Gasteiger partial charge in [-0.1, -0.05) is 38.2 Å². The Bertz CT molecular complexity index is 632. The summed E-state index contributed by atoms with van der Waals surface area (Å²) in [5.74, 6) is -0.0839. The smallest absolute Gasteiger partial charge is 0.338 e. The molecule has 4 heteroatoms. The van der Waals surface area contributed by atoms with E-state index in [4.69, 9.17) is 4.74 Å². The molecule has 0 amide bonds. The first-order valence-electron chi connectivity index (χ1n) is 8.70. The van der Waals surface area contributed by atoms with Crippen LogP contribution >= 0.6 is 0 Å². The number of allylic oxidation sites excluding steroid dienone is 2. The minimum absolute atomic E-state index is 0.0947. The quantitative estimate of drug-likeness (QED) is 0.491. The zero-order valence-electron chi connectivity index (χ0n) is 14.5. The Labute approximate surface area is 143 Å². The number of cyclic esters (lactones) is 1. The molecule has 1 aliphatic heterocycles. The van der Waals surface area contributed by atoms with Crippen LogP contribution in [-0.2, 0) is 14.3 Å². The van der Waals surface area contributed by atoms with Crippen LogP contribution in [0, 0.1) is 22.7 Å². The van der Waals surface area contributed by atoms with Crippen molar-refractivity contribution in [2.75, 3.05) is 6.61 Å². The number of hydrogen-bond acceptors (Lipinski definition) is 4. The van der Waals surface area contributed by atoms with Crippen LogP contribution in [0.3, 0.4) is 0 Å². The summed E-state index contributed by atoms with van der Waals surface area (Å²) in [6, 6.07) is 0. The monoisotopic (exact) mass is 330 g/mol. The number of carbonyl (C=O) groups excluding carboxylic acids is 2. The number of ether oxygens (including phenoxy) is 1. The van der Waals surface area contributed by atoms with Crippen molar-refractivity contribution in [2.45, 2.75) is 45.6 Å². The topological polar surface area (TPSA) is 63.6 Å². The van der Waals surface area contributed by atoms with Gasteiger partial charge in [-0.05, 0) is 43.1 Å². The summed E-state index contributed by atoms with van der Waals surface area (Å²) < 4.78 is 4.94. The van der Waals surface area contributed by atoms with Gasteiger partial charge in [-0.15, -0.1) is 0 Å². The molecule has 3 aliphatic rings. The summed E-state index contributed by atoms with van der Waals surface area (Å²) >= 11 is 0. The Morgan fingerprint density at radius 3 is 2.75 bits per heavy atom. The maximum Gasteiger partial charge on any atom is 0.338 e. The highest BCUT2D eigenvalue weighted by molar-refractivity contribution is 5.93. The second-order valence-electron chi connectivity index (χ2n) is 7.89. The summed E-state index contributed by atoms with van der Waals surface area (Å²) in [6.45, 7) is 8.67. The third kappa shape index (κ3) is 2.48. The van der Waals surface area contributed by atoms with Crippen LogP contribution in [0.1, 0.15) is 39.5 Å². The number of rotatable bonds is 3. The molecule has 1 unspecified atom stereocenters. The molecule has 0 saturated heterocycles. The molecule has 130 valence electrons. The van der Waals surface area contributed by atoms with Crippen molar-refractivity contribution in [3.63, 3.8) is 0 Å². The Hall–Kier alpha value is -1.68. The Balaban J connectivity index is 1.94. The van der Waals surface area contributed by atoms with Crippen molar-refractivity contribution in [3.8, 4) is 0 Å². The predicted octanol–water partition coefficient (Wildman–Crippen LogP) is 2.97. The molecule has 1 heterocycles. The predicted molar refractivity (Wildman–Crippen MR) is 91.1 cm³/mol. The van der Waals surface area contributed by atoms with Crippen LogP contribution in [0.25, 0.3) is 0 Å². The fraction of sp³-hybridized carbons (Fsp3) is 0.600. The Kier molecular flexibility index (Phi) is 4.28. The molecule has 24 heavy (non-hydrogen) atoms. The summed E-state index contributed by atoms with van der Waals surface area (Å²) in [7, 11) is 0. The van der Waals surface area contributed by atoms with Gasteiger partial charge in [0, 0.05) is 5.92 Å². The van der Waals surface area contributed by atoms with Gasteiger partial charge in [0.2, 0.25) is 0 Å². The van der Waals surface area contributed by atoms with Gasteiger partial charge >= 0.3 is 5.97 Å². The van der Waals surface area contributed by atoms with Gasteiger partial charge in [0.1, 0.15) is 12.9 Å². The largest absolute Gasteiger partial charge is 0.458 e. The minimum atomic E-state index is -0.717. The van der Waals surface area contributed by atoms with Crippen molar-refractivity contribution < 1.29 is 19.4 Å². The summed E-state index contributed by atoms with van der Waals surface area (Å²) in [5, 5.41) is 10.4. The fourth-order valence-corrected chi connectivity index (χ4v) is 5.07. The first kappa shape index (κ1) is 17.2. The third-order valence-electron chi connectivity index (χ3n) is 6.60. The second-order valence-corrected chi connectivity index (χ2v) is 7.89. The molecule has 2 saturated carbocycles. The van der Waals surface area contributed by atoms with E-state index in [0.29, 0.717) is 18.6 Å². The van der Waals surface area contributed by atoms with Gasteiger partial charge < -0.3 is 14.6 Å². The van der Waals surface area contributed by atoms with E-state index in [0.717, 1.165) is 31.1 Å². The molecule has 0 bridgehead atoms. The molecule has 5 atom stereocenters. The molecule has 2 fully saturated rings.